The van der Waals surface area contributed by atoms with Gasteiger partial charge in [0.15, 0.2) is 5.76 Å². The van der Waals surface area contributed by atoms with Crippen molar-refractivity contribution < 1.29 is 13.6 Å². The van der Waals surface area contributed by atoms with Crippen LogP contribution in [0.2, 0.25) is 0 Å². The van der Waals surface area contributed by atoms with Crippen LogP contribution >= 0.6 is 0 Å². The smallest absolute Gasteiger partial charge is 0.287 e. The number of amides is 1. The molecular formula is C13H16N2O3. The molecule has 2 rings (SSSR count). The average Bonchev–Trinajstić information content (AvgIpc) is 2.95. The lowest BCUT2D eigenvalue weighted by molar-refractivity contribution is 0.0917. The van der Waals surface area contributed by atoms with Gasteiger partial charge in [-0.25, -0.2) is 0 Å². The van der Waals surface area contributed by atoms with Crippen LogP contribution in [0.3, 0.4) is 0 Å². The standard InChI is InChI=1S/C13H16N2O3/c1-15(2)9-11-5-6-12(18-11)13(16)14-8-10-4-3-7-17-10/h3-7H,8-9H2,1-2H3,(H,14,16). The molecule has 1 N–H and O–H groups in total. The van der Waals surface area contributed by atoms with Crippen LogP contribution < -0.4 is 5.32 Å². The van der Waals surface area contributed by atoms with Gasteiger partial charge in [-0.05, 0) is 38.4 Å². The number of nitrogens with one attached hydrogen (secondary N) is 1. The quantitative estimate of drug-likeness (QED) is 0.877. The zero-order valence-corrected chi connectivity index (χ0v) is 10.5. The van der Waals surface area contributed by atoms with E-state index in [4.69, 9.17) is 8.83 Å². The van der Waals surface area contributed by atoms with Gasteiger partial charge in [-0.15, -0.1) is 0 Å². The highest BCUT2D eigenvalue weighted by Gasteiger charge is 2.11. The van der Waals surface area contributed by atoms with Crippen LogP contribution in [-0.2, 0) is 13.1 Å². The summed E-state index contributed by atoms with van der Waals surface area (Å²) in [4.78, 5) is 13.8. The van der Waals surface area contributed by atoms with Crippen LogP contribution in [-0.4, -0.2) is 24.9 Å². The van der Waals surface area contributed by atoms with Crippen molar-refractivity contribution in [2.45, 2.75) is 13.1 Å². The summed E-state index contributed by atoms with van der Waals surface area (Å²) >= 11 is 0. The topological polar surface area (TPSA) is 58.6 Å². The van der Waals surface area contributed by atoms with E-state index in [9.17, 15) is 4.79 Å². The second-order valence-corrected chi connectivity index (χ2v) is 4.27. The fraction of sp³-hybridized carbons (Fsp3) is 0.308. The van der Waals surface area contributed by atoms with Gasteiger partial charge in [-0.2, -0.15) is 0 Å². The Morgan fingerprint density at radius 3 is 2.78 bits per heavy atom. The van der Waals surface area contributed by atoms with Gasteiger partial charge in [0.2, 0.25) is 0 Å². The number of rotatable bonds is 5. The third kappa shape index (κ3) is 3.24. The molecule has 0 unspecified atom stereocenters. The minimum absolute atomic E-state index is 0.239. The van der Waals surface area contributed by atoms with Gasteiger partial charge in [0.1, 0.15) is 11.5 Å². The van der Waals surface area contributed by atoms with E-state index >= 15 is 0 Å². The molecule has 1 amide bonds. The van der Waals surface area contributed by atoms with Crippen LogP contribution in [0.1, 0.15) is 22.1 Å². The molecule has 2 aromatic heterocycles. The maximum atomic E-state index is 11.8. The summed E-state index contributed by atoms with van der Waals surface area (Å²) in [5.74, 6) is 1.56. The number of hydrogen-bond acceptors (Lipinski definition) is 4. The Morgan fingerprint density at radius 2 is 2.11 bits per heavy atom. The molecule has 0 aromatic carbocycles. The molecule has 18 heavy (non-hydrogen) atoms. The summed E-state index contributed by atoms with van der Waals surface area (Å²) in [6.07, 6.45) is 1.57. The summed E-state index contributed by atoms with van der Waals surface area (Å²) < 4.78 is 10.6. The summed E-state index contributed by atoms with van der Waals surface area (Å²) in [5.41, 5.74) is 0. The highest BCUT2D eigenvalue weighted by atomic mass is 16.4. The first kappa shape index (κ1) is 12.4. The van der Waals surface area contributed by atoms with Crippen LogP contribution in [0.4, 0.5) is 0 Å². The van der Waals surface area contributed by atoms with E-state index in [0.29, 0.717) is 24.6 Å². The predicted molar refractivity (Wildman–Crippen MR) is 66.0 cm³/mol. The molecule has 2 heterocycles. The van der Waals surface area contributed by atoms with Gasteiger partial charge in [0.05, 0.1) is 19.4 Å². The van der Waals surface area contributed by atoms with Crippen LogP contribution in [0.5, 0.6) is 0 Å². The molecular weight excluding hydrogens is 232 g/mol. The monoisotopic (exact) mass is 248 g/mol. The highest BCUT2D eigenvalue weighted by molar-refractivity contribution is 5.91. The number of furan rings is 2. The molecule has 5 nitrogen and oxygen atoms in total. The van der Waals surface area contributed by atoms with E-state index < -0.39 is 0 Å². The minimum atomic E-state index is -0.239. The highest BCUT2D eigenvalue weighted by Crippen LogP contribution is 2.09. The lowest BCUT2D eigenvalue weighted by atomic mass is 10.4. The minimum Gasteiger partial charge on any atom is -0.467 e. The summed E-state index contributed by atoms with van der Waals surface area (Å²) in [5, 5.41) is 2.73. The first-order valence-corrected chi connectivity index (χ1v) is 5.69. The molecule has 2 aromatic rings. The summed E-state index contributed by atoms with van der Waals surface area (Å²) in [6, 6.07) is 7.07. The fourth-order valence-corrected chi connectivity index (χ4v) is 1.56. The van der Waals surface area contributed by atoms with E-state index in [1.165, 1.54) is 0 Å². The molecule has 0 aliphatic carbocycles. The van der Waals surface area contributed by atoms with E-state index in [-0.39, 0.29) is 5.91 Å². The molecule has 0 fully saturated rings. The van der Waals surface area contributed by atoms with E-state index in [1.807, 2.05) is 25.1 Å². The maximum absolute atomic E-state index is 11.8. The van der Waals surface area contributed by atoms with Crippen molar-refractivity contribution in [3.05, 3.63) is 47.8 Å². The lowest BCUT2D eigenvalue weighted by Gasteiger charge is -2.05. The van der Waals surface area contributed by atoms with Gasteiger partial charge in [0.25, 0.3) is 5.91 Å². The zero-order chi connectivity index (χ0) is 13.0. The molecule has 0 aliphatic rings. The van der Waals surface area contributed by atoms with Crippen molar-refractivity contribution >= 4 is 5.91 Å². The fourth-order valence-electron chi connectivity index (χ4n) is 1.56. The van der Waals surface area contributed by atoms with E-state index in [2.05, 4.69) is 5.32 Å². The molecule has 0 saturated carbocycles. The normalized spacial score (nSPS) is 10.8. The third-order valence-corrected chi connectivity index (χ3v) is 2.36. The van der Waals surface area contributed by atoms with Gasteiger partial charge in [-0.1, -0.05) is 0 Å². The molecule has 0 spiro atoms. The summed E-state index contributed by atoms with van der Waals surface area (Å²) in [6.45, 7) is 1.03. The number of nitrogens with zero attached hydrogens (tertiary/aromatic N) is 1. The van der Waals surface area contributed by atoms with Gasteiger partial charge in [0, 0.05) is 0 Å². The SMILES string of the molecule is CN(C)Cc1ccc(C(=O)NCc2ccco2)o1. The molecule has 0 saturated heterocycles. The van der Waals surface area contributed by atoms with Crippen molar-refractivity contribution in [3.8, 4) is 0 Å². The van der Waals surface area contributed by atoms with Crippen molar-refractivity contribution in [2.24, 2.45) is 0 Å². The summed E-state index contributed by atoms with van der Waals surface area (Å²) in [7, 11) is 3.89. The number of hydrogen-bond donors (Lipinski definition) is 1. The maximum Gasteiger partial charge on any atom is 0.287 e. The first-order chi connectivity index (χ1) is 8.65. The predicted octanol–water partition coefficient (Wildman–Crippen LogP) is 1.86. The Morgan fingerprint density at radius 1 is 1.28 bits per heavy atom. The van der Waals surface area contributed by atoms with Crippen LogP contribution in [0.15, 0.2) is 39.4 Å². The second kappa shape index (κ2) is 5.55. The van der Waals surface area contributed by atoms with Gasteiger partial charge >= 0.3 is 0 Å². The van der Waals surface area contributed by atoms with Crippen molar-refractivity contribution in [3.63, 3.8) is 0 Å². The van der Waals surface area contributed by atoms with Crippen LogP contribution in [0.25, 0.3) is 0 Å². The zero-order valence-electron chi connectivity index (χ0n) is 10.5. The van der Waals surface area contributed by atoms with Crippen molar-refractivity contribution in [2.75, 3.05) is 14.1 Å². The van der Waals surface area contributed by atoms with Gasteiger partial charge < -0.3 is 19.1 Å². The molecule has 0 radical (unpaired) electrons. The van der Waals surface area contributed by atoms with Crippen molar-refractivity contribution in [1.82, 2.24) is 10.2 Å². The van der Waals surface area contributed by atoms with Crippen LogP contribution in [0, 0.1) is 0 Å². The third-order valence-electron chi connectivity index (χ3n) is 2.36. The lowest BCUT2D eigenvalue weighted by Crippen LogP contribution is -2.22. The number of carbonyl (C=O) groups excluding carboxylic acids is 1. The van der Waals surface area contributed by atoms with E-state index in [1.54, 1.807) is 24.5 Å². The molecule has 96 valence electrons. The second-order valence-electron chi connectivity index (χ2n) is 4.27. The Hall–Kier alpha value is -2.01. The molecule has 0 atom stereocenters. The Kier molecular flexibility index (Phi) is 3.84. The number of carbonyl (C=O) groups is 1. The largest absolute Gasteiger partial charge is 0.467 e. The van der Waals surface area contributed by atoms with E-state index in [0.717, 1.165) is 5.76 Å². The Labute approximate surface area is 105 Å². The first-order valence-electron chi connectivity index (χ1n) is 5.69. The average molecular weight is 248 g/mol. The molecule has 5 heteroatoms. The molecule has 0 bridgehead atoms. The van der Waals surface area contributed by atoms with Gasteiger partial charge in [-0.3, -0.25) is 4.79 Å². The Balaban J connectivity index is 1.90. The Bertz CT molecular complexity index is 500. The van der Waals surface area contributed by atoms with Crippen molar-refractivity contribution in [1.29, 1.82) is 0 Å². The molecule has 0 aliphatic heterocycles.